The average Bonchev–Trinajstić information content (AvgIpc) is 2.23. The number of rotatable bonds is 9. The van der Waals surface area contributed by atoms with Gasteiger partial charge in [-0.2, -0.15) is 0 Å². The molecule has 0 heterocycles. The van der Waals surface area contributed by atoms with E-state index >= 15 is 0 Å². The normalized spacial score (nSPS) is 11.9. The Morgan fingerprint density at radius 1 is 1.18 bits per heavy atom. The molecule has 0 saturated carbocycles. The summed E-state index contributed by atoms with van der Waals surface area (Å²) in [4.78, 5) is 10.5. The highest BCUT2D eigenvalue weighted by Gasteiger charge is 2.20. The number of hydrogen-bond donors (Lipinski definition) is 0. The van der Waals surface area contributed by atoms with E-state index in [1.54, 1.807) is 26.0 Å². The van der Waals surface area contributed by atoms with E-state index in [9.17, 15) is 9.36 Å². The molecule has 0 radical (unpaired) electrons. The number of hydrogen-bond acceptors (Lipinski definition) is 5. The molecule has 0 amide bonds. The summed E-state index contributed by atoms with van der Waals surface area (Å²) < 4.78 is 26.9. The first-order valence-electron chi connectivity index (χ1n) is 5.70. The van der Waals surface area contributed by atoms with Gasteiger partial charge in [0.25, 0.3) is 0 Å². The summed E-state index contributed by atoms with van der Waals surface area (Å²) >= 11 is 0. The van der Waals surface area contributed by atoms with E-state index in [2.05, 4.69) is 0 Å². The van der Waals surface area contributed by atoms with Crippen molar-refractivity contribution in [2.24, 2.45) is 0 Å². The Morgan fingerprint density at radius 3 is 2.24 bits per heavy atom. The lowest BCUT2D eigenvalue weighted by molar-refractivity contribution is -0.140. The van der Waals surface area contributed by atoms with Gasteiger partial charge in [0, 0.05) is 6.92 Å². The summed E-state index contributed by atoms with van der Waals surface area (Å²) in [7, 11) is -2.98. The van der Waals surface area contributed by atoms with Crippen molar-refractivity contribution in [3.05, 3.63) is 12.2 Å². The number of allylic oxidation sites excluding steroid dienone is 1. The van der Waals surface area contributed by atoms with Crippen molar-refractivity contribution in [2.75, 3.05) is 26.0 Å². The van der Waals surface area contributed by atoms with Gasteiger partial charge in [0.05, 0.1) is 26.0 Å². The van der Waals surface area contributed by atoms with Gasteiger partial charge in [-0.25, -0.2) is 0 Å². The maximum absolute atomic E-state index is 12.0. The van der Waals surface area contributed by atoms with Crippen LogP contribution in [0.2, 0.25) is 0 Å². The predicted octanol–water partition coefficient (Wildman–Crippen LogP) is 2.76. The van der Waals surface area contributed by atoms with Gasteiger partial charge in [0.15, 0.2) is 0 Å². The van der Waals surface area contributed by atoms with Crippen molar-refractivity contribution in [1.82, 2.24) is 0 Å². The van der Waals surface area contributed by atoms with Crippen LogP contribution in [0.3, 0.4) is 0 Å². The maximum Gasteiger partial charge on any atom is 0.334 e. The molecule has 0 aliphatic heterocycles. The molecule has 0 aromatic heterocycles. The SMILES string of the molecule is CCOP(=O)(C/C=C/CCOC(C)=O)OCC. The van der Waals surface area contributed by atoms with Crippen molar-refractivity contribution < 1.29 is 23.1 Å². The van der Waals surface area contributed by atoms with Gasteiger partial charge in [0.1, 0.15) is 0 Å². The predicted molar refractivity (Wildman–Crippen MR) is 66.1 cm³/mol. The Labute approximate surface area is 103 Å². The number of esters is 1. The first-order chi connectivity index (χ1) is 8.04. The molecule has 0 unspecified atom stereocenters. The van der Waals surface area contributed by atoms with Crippen LogP contribution in [0.5, 0.6) is 0 Å². The Balaban J connectivity index is 3.91. The lowest BCUT2D eigenvalue weighted by Gasteiger charge is -2.14. The average molecular weight is 264 g/mol. The summed E-state index contributed by atoms with van der Waals surface area (Å²) in [5.74, 6) is -0.298. The number of carbonyl (C=O) groups is 1. The van der Waals surface area contributed by atoms with Crippen LogP contribution in [0.15, 0.2) is 12.2 Å². The fourth-order valence-electron chi connectivity index (χ4n) is 1.13. The Morgan fingerprint density at radius 2 is 1.76 bits per heavy atom. The second-order valence-corrected chi connectivity index (χ2v) is 5.33. The van der Waals surface area contributed by atoms with E-state index in [-0.39, 0.29) is 12.1 Å². The molecule has 6 heteroatoms. The van der Waals surface area contributed by atoms with Crippen LogP contribution in [0, 0.1) is 0 Å². The highest BCUT2D eigenvalue weighted by atomic mass is 31.2. The van der Waals surface area contributed by atoms with Gasteiger partial charge in [0.2, 0.25) is 0 Å². The van der Waals surface area contributed by atoms with E-state index in [1.807, 2.05) is 0 Å². The molecule has 17 heavy (non-hydrogen) atoms. The molecule has 0 aromatic carbocycles. The smallest absolute Gasteiger partial charge is 0.334 e. The minimum atomic E-state index is -2.98. The second-order valence-electron chi connectivity index (χ2n) is 3.23. The standard InChI is InChI=1S/C11H21O5P/c1-4-15-17(13,16-5-2)10-8-6-7-9-14-11(3)12/h6,8H,4-5,7,9-10H2,1-3H3/b8-6+. The van der Waals surface area contributed by atoms with Crippen molar-refractivity contribution >= 4 is 13.6 Å². The van der Waals surface area contributed by atoms with Crippen LogP contribution in [0.1, 0.15) is 27.2 Å². The van der Waals surface area contributed by atoms with Gasteiger partial charge < -0.3 is 13.8 Å². The quantitative estimate of drug-likeness (QED) is 0.277. The molecule has 5 nitrogen and oxygen atoms in total. The lowest BCUT2D eigenvalue weighted by atomic mass is 10.4. The molecular weight excluding hydrogens is 243 g/mol. The van der Waals surface area contributed by atoms with Crippen molar-refractivity contribution in [3.63, 3.8) is 0 Å². The van der Waals surface area contributed by atoms with E-state index in [1.165, 1.54) is 6.92 Å². The summed E-state index contributed by atoms with van der Waals surface area (Å²) in [6.07, 6.45) is 4.37. The molecule has 0 saturated heterocycles. The van der Waals surface area contributed by atoms with Crippen LogP contribution < -0.4 is 0 Å². The molecule has 100 valence electrons. The molecule has 0 aliphatic carbocycles. The van der Waals surface area contributed by atoms with E-state index < -0.39 is 7.60 Å². The van der Waals surface area contributed by atoms with Gasteiger partial charge in [-0.05, 0) is 20.3 Å². The first-order valence-corrected chi connectivity index (χ1v) is 7.43. The Bertz CT molecular complexity index is 278. The largest absolute Gasteiger partial charge is 0.466 e. The van der Waals surface area contributed by atoms with Crippen molar-refractivity contribution in [2.45, 2.75) is 27.2 Å². The minimum Gasteiger partial charge on any atom is -0.466 e. The van der Waals surface area contributed by atoms with E-state index in [0.29, 0.717) is 26.2 Å². The highest BCUT2D eigenvalue weighted by molar-refractivity contribution is 7.54. The molecule has 0 aromatic rings. The van der Waals surface area contributed by atoms with Crippen molar-refractivity contribution in [1.29, 1.82) is 0 Å². The third-order valence-corrected chi connectivity index (χ3v) is 3.70. The first kappa shape index (κ1) is 16.4. The van der Waals surface area contributed by atoms with E-state index in [0.717, 1.165) is 0 Å². The Kier molecular flexibility index (Phi) is 9.04. The molecule has 0 N–H and O–H groups in total. The summed E-state index contributed by atoms with van der Waals surface area (Å²) in [6.45, 7) is 5.96. The monoisotopic (exact) mass is 264 g/mol. The summed E-state index contributed by atoms with van der Waals surface area (Å²) in [5.41, 5.74) is 0. The number of ether oxygens (including phenoxy) is 1. The molecule has 0 fully saturated rings. The second kappa shape index (κ2) is 9.40. The minimum absolute atomic E-state index is 0.245. The summed E-state index contributed by atoms with van der Waals surface area (Å²) in [6, 6.07) is 0. The topological polar surface area (TPSA) is 61.8 Å². The molecule has 0 bridgehead atoms. The zero-order chi connectivity index (χ0) is 13.1. The van der Waals surface area contributed by atoms with Gasteiger partial charge in [-0.3, -0.25) is 9.36 Å². The molecule has 0 spiro atoms. The van der Waals surface area contributed by atoms with Crippen LogP contribution in [0.25, 0.3) is 0 Å². The van der Waals surface area contributed by atoms with Crippen LogP contribution >= 0.6 is 7.60 Å². The fourth-order valence-corrected chi connectivity index (χ4v) is 2.61. The van der Waals surface area contributed by atoms with Crippen LogP contribution in [-0.2, 0) is 23.1 Å². The highest BCUT2D eigenvalue weighted by Crippen LogP contribution is 2.47. The third-order valence-electron chi connectivity index (χ3n) is 1.74. The number of carbonyl (C=O) groups excluding carboxylic acids is 1. The zero-order valence-electron chi connectivity index (χ0n) is 10.7. The van der Waals surface area contributed by atoms with E-state index in [4.69, 9.17) is 13.8 Å². The molecular formula is C11H21O5P. The molecule has 0 rings (SSSR count). The van der Waals surface area contributed by atoms with Crippen LogP contribution in [-0.4, -0.2) is 32.0 Å². The maximum atomic E-state index is 12.0. The van der Waals surface area contributed by atoms with Gasteiger partial charge in [-0.1, -0.05) is 12.2 Å². The van der Waals surface area contributed by atoms with Gasteiger partial charge >= 0.3 is 13.6 Å². The lowest BCUT2D eigenvalue weighted by Crippen LogP contribution is -2.00. The van der Waals surface area contributed by atoms with Crippen LogP contribution in [0.4, 0.5) is 0 Å². The van der Waals surface area contributed by atoms with Crippen molar-refractivity contribution in [3.8, 4) is 0 Å². The third kappa shape index (κ3) is 9.10. The zero-order valence-corrected chi connectivity index (χ0v) is 11.6. The fraction of sp³-hybridized carbons (Fsp3) is 0.727. The summed E-state index contributed by atoms with van der Waals surface area (Å²) in [5, 5.41) is 0. The molecule has 0 aliphatic rings. The Hall–Kier alpha value is -0.640. The molecule has 0 atom stereocenters. The van der Waals surface area contributed by atoms with Gasteiger partial charge in [-0.15, -0.1) is 0 Å².